The summed E-state index contributed by atoms with van der Waals surface area (Å²) in [6.07, 6.45) is 2.22. The van der Waals surface area contributed by atoms with Gasteiger partial charge < -0.3 is 10.1 Å². The van der Waals surface area contributed by atoms with E-state index in [1.807, 2.05) is 30.3 Å². The number of hydrogen-bond donors (Lipinski definition) is 1. The van der Waals surface area contributed by atoms with E-state index in [0.717, 1.165) is 11.6 Å². The predicted octanol–water partition coefficient (Wildman–Crippen LogP) is 4.11. The van der Waals surface area contributed by atoms with Gasteiger partial charge in [-0.3, -0.25) is 4.79 Å². The molecule has 0 saturated heterocycles. The van der Waals surface area contributed by atoms with Crippen molar-refractivity contribution in [2.75, 3.05) is 6.54 Å². The zero-order valence-electron chi connectivity index (χ0n) is 13.6. The molecule has 0 unspecified atom stereocenters. The predicted molar refractivity (Wildman–Crippen MR) is 90.0 cm³/mol. The Morgan fingerprint density at radius 3 is 2.52 bits per heavy atom. The fraction of sp³-hybridized carbons (Fsp3) is 0.158. The van der Waals surface area contributed by atoms with Gasteiger partial charge in [0, 0.05) is 18.2 Å². The summed E-state index contributed by atoms with van der Waals surface area (Å²) in [5, 5.41) is 2.48. The number of ketones is 1. The minimum atomic E-state index is -0.898. The molecule has 6 heteroatoms. The van der Waals surface area contributed by atoms with Crippen molar-refractivity contribution >= 4 is 18.0 Å². The van der Waals surface area contributed by atoms with E-state index in [-0.39, 0.29) is 24.3 Å². The van der Waals surface area contributed by atoms with Crippen LogP contribution in [0.1, 0.15) is 28.4 Å². The van der Waals surface area contributed by atoms with Gasteiger partial charge in [-0.2, -0.15) is 0 Å². The van der Waals surface area contributed by atoms with E-state index in [1.165, 1.54) is 19.1 Å². The highest BCUT2D eigenvalue weighted by atomic mass is 19.1. The molecule has 0 fully saturated rings. The number of Topliss-reactive ketones (excluding diaryl/α,β-unsaturated/α-hetero) is 1. The van der Waals surface area contributed by atoms with Crippen LogP contribution in [0.15, 0.2) is 48.5 Å². The molecule has 0 spiro atoms. The SMILES string of the molecule is CC(=O)c1cc(C=CCNC(=O)OCc2ccccc2)c(F)cc1F. The molecular weight excluding hydrogens is 328 g/mol. The Morgan fingerprint density at radius 2 is 1.84 bits per heavy atom. The van der Waals surface area contributed by atoms with Gasteiger partial charge in [0.2, 0.25) is 0 Å². The Bertz CT molecular complexity index is 789. The number of benzene rings is 2. The highest BCUT2D eigenvalue weighted by Crippen LogP contribution is 2.16. The van der Waals surface area contributed by atoms with E-state index in [0.29, 0.717) is 6.07 Å². The largest absolute Gasteiger partial charge is 0.445 e. The molecule has 4 nitrogen and oxygen atoms in total. The number of rotatable bonds is 6. The standard InChI is InChI=1S/C19H17F2NO3/c1-13(23)16-10-15(17(20)11-18(16)21)8-5-9-22-19(24)25-12-14-6-3-2-4-7-14/h2-8,10-11H,9,12H2,1H3,(H,22,24). The van der Waals surface area contributed by atoms with Crippen LogP contribution in [-0.2, 0) is 11.3 Å². The summed E-state index contributed by atoms with van der Waals surface area (Å²) in [6, 6.07) is 11.0. The third-order valence-electron chi connectivity index (χ3n) is 3.34. The second kappa shape index (κ2) is 8.73. The number of carbonyl (C=O) groups is 2. The minimum absolute atomic E-state index is 0.0612. The number of alkyl carbamates (subject to hydrolysis) is 1. The fourth-order valence-electron chi connectivity index (χ4n) is 2.07. The van der Waals surface area contributed by atoms with Gasteiger partial charge in [0.15, 0.2) is 5.78 Å². The maximum absolute atomic E-state index is 13.7. The first-order valence-electron chi connectivity index (χ1n) is 7.58. The smallest absolute Gasteiger partial charge is 0.407 e. The van der Waals surface area contributed by atoms with Gasteiger partial charge in [-0.05, 0) is 18.6 Å². The number of ether oxygens (including phenoxy) is 1. The van der Waals surface area contributed by atoms with E-state index in [2.05, 4.69) is 5.32 Å². The Balaban J connectivity index is 1.86. The summed E-state index contributed by atoms with van der Waals surface area (Å²) in [5.41, 5.74) is 0.737. The molecule has 1 amide bonds. The third kappa shape index (κ3) is 5.53. The van der Waals surface area contributed by atoms with E-state index in [4.69, 9.17) is 4.74 Å². The lowest BCUT2D eigenvalue weighted by Crippen LogP contribution is -2.24. The van der Waals surface area contributed by atoms with Crippen molar-refractivity contribution in [2.24, 2.45) is 0 Å². The molecule has 0 aliphatic carbocycles. The van der Waals surface area contributed by atoms with Crippen molar-refractivity contribution in [3.63, 3.8) is 0 Å². The van der Waals surface area contributed by atoms with Crippen molar-refractivity contribution in [2.45, 2.75) is 13.5 Å². The summed E-state index contributed by atoms with van der Waals surface area (Å²) in [6.45, 7) is 1.44. The van der Waals surface area contributed by atoms with Gasteiger partial charge in [0.1, 0.15) is 18.2 Å². The summed E-state index contributed by atoms with van der Waals surface area (Å²) in [4.78, 5) is 22.8. The molecule has 1 N–H and O–H groups in total. The summed E-state index contributed by atoms with van der Waals surface area (Å²) in [5.74, 6) is -2.18. The number of hydrogen-bond acceptors (Lipinski definition) is 3. The lowest BCUT2D eigenvalue weighted by Gasteiger charge is -2.05. The Kier molecular flexibility index (Phi) is 6.39. The average molecular weight is 345 g/mol. The maximum Gasteiger partial charge on any atom is 0.407 e. The number of halogens is 2. The lowest BCUT2D eigenvalue weighted by atomic mass is 10.1. The molecule has 0 saturated carbocycles. The van der Waals surface area contributed by atoms with Gasteiger partial charge in [0.25, 0.3) is 0 Å². The monoisotopic (exact) mass is 345 g/mol. The number of nitrogens with one attached hydrogen (secondary N) is 1. The molecule has 0 bridgehead atoms. The van der Waals surface area contributed by atoms with E-state index in [9.17, 15) is 18.4 Å². The number of carbonyl (C=O) groups excluding carboxylic acids is 2. The van der Waals surface area contributed by atoms with Crippen molar-refractivity contribution < 1.29 is 23.1 Å². The van der Waals surface area contributed by atoms with Crippen molar-refractivity contribution in [1.82, 2.24) is 5.32 Å². The van der Waals surface area contributed by atoms with Crippen LogP contribution < -0.4 is 5.32 Å². The van der Waals surface area contributed by atoms with E-state index in [1.54, 1.807) is 0 Å². The summed E-state index contributed by atoms with van der Waals surface area (Å²) < 4.78 is 32.1. The van der Waals surface area contributed by atoms with Crippen molar-refractivity contribution in [1.29, 1.82) is 0 Å². The molecule has 0 aromatic heterocycles. The van der Waals surface area contributed by atoms with Gasteiger partial charge in [-0.1, -0.05) is 42.5 Å². The fourth-order valence-corrected chi connectivity index (χ4v) is 2.07. The summed E-state index contributed by atoms with van der Waals surface area (Å²) in [7, 11) is 0. The van der Waals surface area contributed by atoms with Crippen LogP contribution in [0.2, 0.25) is 0 Å². The van der Waals surface area contributed by atoms with Crippen LogP contribution in [0.4, 0.5) is 13.6 Å². The van der Waals surface area contributed by atoms with Crippen LogP contribution in [-0.4, -0.2) is 18.4 Å². The highest BCUT2D eigenvalue weighted by molar-refractivity contribution is 5.94. The van der Waals surface area contributed by atoms with Crippen LogP contribution in [0, 0.1) is 11.6 Å². The molecule has 130 valence electrons. The molecule has 2 rings (SSSR count). The first-order valence-corrected chi connectivity index (χ1v) is 7.58. The molecule has 0 aliphatic heterocycles. The molecule has 0 radical (unpaired) electrons. The van der Waals surface area contributed by atoms with E-state index >= 15 is 0 Å². The molecule has 25 heavy (non-hydrogen) atoms. The van der Waals surface area contributed by atoms with Crippen molar-refractivity contribution in [3.8, 4) is 0 Å². The number of amides is 1. The second-order valence-corrected chi connectivity index (χ2v) is 5.25. The average Bonchev–Trinajstić information content (AvgIpc) is 2.59. The molecule has 2 aromatic carbocycles. The Hall–Kier alpha value is -3.02. The van der Waals surface area contributed by atoms with Crippen LogP contribution >= 0.6 is 0 Å². The molecule has 2 aromatic rings. The highest BCUT2D eigenvalue weighted by Gasteiger charge is 2.11. The minimum Gasteiger partial charge on any atom is -0.445 e. The molecule has 0 aliphatic rings. The van der Waals surface area contributed by atoms with Gasteiger partial charge in [0.05, 0.1) is 5.56 Å². The second-order valence-electron chi connectivity index (χ2n) is 5.25. The van der Waals surface area contributed by atoms with Gasteiger partial charge in [-0.25, -0.2) is 13.6 Å². The summed E-state index contributed by atoms with van der Waals surface area (Å²) >= 11 is 0. The quantitative estimate of drug-likeness (QED) is 0.802. The third-order valence-corrected chi connectivity index (χ3v) is 3.34. The van der Waals surface area contributed by atoms with Crippen molar-refractivity contribution in [3.05, 3.63) is 76.9 Å². The zero-order chi connectivity index (χ0) is 18.2. The van der Waals surface area contributed by atoms with Crippen LogP contribution in [0.5, 0.6) is 0 Å². The Morgan fingerprint density at radius 1 is 1.12 bits per heavy atom. The van der Waals surface area contributed by atoms with Crippen LogP contribution in [0.3, 0.4) is 0 Å². The lowest BCUT2D eigenvalue weighted by molar-refractivity contribution is 0.101. The van der Waals surface area contributed by atoms with Gasteiger partial charge in [-0.15, -0.1) is 0 Å². The van der Waals surface area contributed by atoms with Gasteiger partial charge >= 0.3 is 6.09 Å². The molecule has 0 atom stereocenters. The zero-order valence-corrected chi connectivity index (χ0v) is 13.6. The van der Waals surface area contributed by atoms with Crippen LogP contribution in [0.25, 0.3) is 6.08 Å². The molecule has 0 heterocycles. The molecular formula is C19H17F2NO3. The van der Waals surface area contributed by atoms with E-state index < -0.39 is 23.5 Å². The first-order chi connectivity index (χ1) is 12.0. The normalized spacial score (nSPS) is 10.7. The topological polar surface area (TPSA) is 55.4 Å². The Labute approximate surface area is 144 Å². The maximum atomic E-state index is 13.7. The first kappa shape index (κ1) is 18.3.